The van der Waals surface area contributed by atoms with E-state index in [0.29, 0.717) is 6.04 Å². The number of rotatable bonds is 5. The summed E-state index contributed by atoms with van der Waals surface area (Å²) in [7, 11) is 4.18. The Morgan fingerprint density at radius 3 is 2.45 bits per heavy atom. The van der Waals surface area contributed by atoms with Crippen LogP contribution in [0.1, 0.15) is 38.2 Å². The van der Waals surface area contributed by atoms with Gasteiger partial charge in [-0.3, -0.25) is 0 Å². The van der Waals surface area contributed by atoms with Gasteiger partial charge in [0.1, 0.15) is 0 Å². The molecule has 2 saturated carbocycles. The van der Waals surface area contributed by atoms with Crippen molar-refractivity contribution in [3.63, 3.8) is 0 Å². The first kappa shape index (κ1) is 13.9. The largest absolute Gasteiger partial charge is 0.378 e. The number of nitrogens with one attached hydrogen (secondary N) is 1. The van der Waals surface area contributed by atoms with Crippen LogP contribution in [0.4, 0.5) is 5.69 Å². The summed E-state index contributed by atoms with van der Waals surface area (Å²) in [5.41, 5.74) is 2.67. The summed E-state index contributed by atoms with van der Waals surface area (Å²) in [5, 5.41) is 3.76. The summed E-state index contributed by atoms with van der Waals surface area (Å²) in [6, 6.07) is 9.57. The summed E-state index contributed by atoms with van der Waals surface area (Å²) < 4.78 is 0. The highest BCUT2D eigenvalue weighted by Gasteiger charge is 2.41. The molecule has 2 nitrogen and oxygen atoms in total. The second-order valence-corrected chi connectivity index (χ2v) is 7.07. The van der Waals surface area contributed by atoms with E-state index in [1.807, 2.05) is 0 Å². The smallest absolute Gasteiger partial charge is 0.0361 e. The van der Waals surface area contributed by atoms with Crippen molar-refractivity contribution in [3.8, 4) is 0 Å². The van der Waals surface area contributed by atoms with E-state index in [4.69, 9.17) is 0 Å². The van der Waals surface area contributed by atoms with Crippen LogP contribution in [0.25, 0.3) is 0 Å². The molecule has 1 aromatic rings. The maximum Gasteiger partial charge on any atom is 0.0361 e. The highest BCUT2D eigenvalue weighted by Crippen LogP contribution is 2.49. The van der Waals surface area contributed by atoms with Gasteiger partial charge >= 0.3 is 0 Å². The van der Waals surface area contributed by atoms with Crippen LogP contribution >= 0.6 is 0 Å². The molecule has 2 fully saturated rings. The van der Waals surface area contributed by atoms with Gasteiger partial charge in [-0.2, -0.15) is 0 Å². The van der Waals surface area contributed by atoms with E-state index in [0.717, 1.165) is 24.3 Å². The van der Waals surface area contributed by atoms with Gasteiger partial charge in [0.05, 0.1) is 0 Å². The third-order valence-corrected chi connectivity index (χ3v) is 5.52. The molecule has 0 amide bonds. The molecule has 0 heterocycles. The Kier molecular flexibility index (Phi) is 4.02. The Bertz CT molecular complexity index is 437. The van der Waals surface area contributed by atoms with Gasteiger partial charge in [0.15, 0.2) is 0 Å². The van der Waals surface area contributed by atoms with Gasteiger partial charge in [-0.15, -0.1) is 0 Å². The molecule has 0 radical (unpaired) electrons. The van der Waals surface area contributed by atoms with Gasteiger partial charge in [0.2, 0.25) is 0 Å². The van der Waals surface area contributed by atoms with Crippen molar-refractivity contribution in [2.24, 2.45) is 17.8 Å². The van der Waals surface area contributed by atoms with Crippen molar-refractivity contribution < 1.29 is 0 Å². The van der Waals surface area contributed by atoms with Crippen LogP contribution in [-0.4, -0.2) is 20.1 Å². The molecular formula is C18H28N2. The Balaban J connectivity index is 1.51. The lowest BCUT2D eigenvalue weighted by Gasteiger charge is -2.28. The number of hydrogen-bond acceptors (Lipinski definition) is 2. The highest BCUT2D eigenvalue weighted by atomic mass is 15.1. The average Bonchev–Trinajstić information content (AvgIpc) is 3.08. The zero-order valence-electron chi connectivity index (χ0n) is 13.1. The predicted molar refractivity (Wildman–Crippen MR) is 86.0 cm³/mol. The van der Waals surface area contributed by atoms with Crippen LogP contribution < -0.4 is 10.2 Å². The third kappa shape index (κ3) is 2.85. The number of hydrogen-bond donors (Lipinski definition) is 1. The summed E-state index contributed by atoms with van der Waals surface area (Å²) >= 11 is 0. The zero-order valence-corrected chi connectivity index (χ0v) is 13.1. The SMILES string of the molecule is C[C@H](NCc1ccc(N(C)C)cc1)[C@@H]1C[C@@H]2CC[C@@H]1C2. The first-order valence-corrected chi connectivity index (χ1v) is 8.13. The summed E-state index contributed by atoms with van der Waals surface area (Å²) in [6.45, 7) is 3.39. The number of nitrogens with zero attached hydrogens (tertiary/aromatic N) is 1. The van der Waals surface area contributed by atoms with Gasteiger partial charge in [0.25, 0.3) is 0 Å². The second kappa shape index (κ2) is 5.77. The summed E-state index contributed by atoms with van der Waals surface area (Å²) in [6.07, 6.45) is 5.96. The second-order valence-electron chi connectivity index (χ2n) is 7.07. The minimum absolute atomic E-state index is 0.666. The van der Waals surface area contributed by atoms with Crippen molar-refractivity contribution in [2.75, 3.05) is 19.0 Å². The quantitative estimate of drug-likeness (QED) is 0.880. The van der Waals surface area contributed by atoms with E-state index < -0.39 is 0 Å². The Morgan fingerprint density at radius 2 is 1.90 bits per heavy atom. The van der Waals surface area contributed by atoms with Crippen molar-refractivity contribution in [1.29, 1.82) is 0 Å². The molecule has 20 heavy (non-hydrogen) atoms. The monoisotopic (exact) mass is 272 g/mol. The summed E-state index contributed by atoms with van der Waals surface area (Å²) in [5.74, 6) is 2.99. The molecule has 2 bridgehead atoms. The van der Waals surface area contributed by atoms with Crippen LogP contribution in [0.3, 0.4) is 0 Å². The molecule has 0 saturated heterocycles. The first-order valence-electron chi connectivity index (χ1n) is 8.13. The average molecular weight is 272 g/mol. The topological polar surface area (TPSA) is 15.3 Å². The van der Waals surface area contributed by atoms with E-state index in [-0.39, 0.29) is 0 Å². The molecule has 2 aliphatic rings. The molecule has 3 rings (SSSR count). The lowest BCUT2D eigenvalue weighted by Crippen LogP contribution is -2.35. The molecule has 0 aromatic heterocycles. The van der Waals surface area contributed by atoms with Crippen LogP contribution in [-0.2, 0) is 6.54 Å². The van der Waals surface area contributed by atoms with E-state index in [2.05, 4.69) is 55.5 Å². The van der Waals surface area contributed by atoms with Gasteiger partial charge in [-0.25, -0.2) is 0 Å². The van der Waals surface area contributed by atoms with Gasteiger partial charge < -0.3 is 10.2 Å². The maximum absolute atomic E-state index is 3.76. The lowest BCUT2D eigenvalue weighted by atomic mass is 9.84. The first-order chi connectivity index (χ1) is 9.63. The molecule has 4 atom stereocenters. The molecule has 2 heteroatoms. The fourth-order valence-electron chi connectivity index (χ4n) is 4.25. The van der Waals surface area contributed by atoms with Gasteiger partial charge in [-0.05, 0) is 61.6 Å². The van der Waals surface area contributed by atoms with Crippen molar-refractivity contribution >= 4 is 5.69 Å². The maximum atomic E-state index is 3.76. The molecule has 110 valence electrons. The predicted octanol–water partition coefficient (Wildman–Crippen LogP) is 3.67. The van der Waals surface area contributed by atoms with Gasteiger partial charge in [-0.1, -0.05) is 18.6 Å². The number of anilines is 1. The van der Waals surface area contributed by atoms with Crippen LogP contribution in [0.15, 0.2) is 24.3 Å². The van der Waals surface area contributed by atoms with Crippen molar-refractivity contribution in [2.45, 2.75) is 45.2 Å². The lowest BCUT2D eigenvalue weighted by molar-refractivity contribution is 0.259. The van der Waals surface area contributed by atoms with Crippen molar-refractivity contribution in [3.05, 3.63) is 29.8 Å². The third-order valence-electron chi connectivity index (χ3n) is 5.52. The van der Waals surface area contributed by atoms with E-state index >= 15 is 0 Å². The van der Waals surface area contributed by atoms with Crippen LogP contribution in [0.2, 0.25) is 0 Å². The fraction of sp³-hybridized carbons (Fsp3) is 0.667. The molecule has 2 aliphatic carbocycles. The minimum atomic E-state index is 0.666. The Labute approximate surface area is 123 Å². The van der Waals surface area contributed by atoms with E-state index in [9.17, 15) is 0 Å². The normalized spacial score (nSPS) is 29.6. The molecule has 1 aromatic carbocycles. The van der Waals surface area contributed by atoms with E-state index in [1.165, 1.54) is 36.9 Å². The molecular weight excluding hydrogens is 244 g/mol. The number of fused-ring (bicyclic) bond motifs is 2. The highest BCUT2D eigenvalue weighted by molar-refractivity contribution is 5.45. The fourth-order valence-corrected chi connectivity index (χ4v) is 4.25. The number of benzene rings is 1. The summed E-state index contributed by atoms with van der Waals surface area (Å²) in [4.78, 5) is 2.15. The van der Waals surface area contributed by atoms with Crippen LogP contribution in [0.5, 0.6) is 0 Å². The zero-order chi connectivity index (χ0) is 14.1. The Hall–Kier alpha value is -1.02. The molecule has 0 spiro atoms. The molecule has 0 unspecified atom stereocenters. The molecule has 0 aliphatic heterocycles. The van der Waals surface area contributed by atoms with Crippen LogP contribution in [0, 0.1) is 17.8 Å². The minimum Gasteiger partial charge on any atom is -0.378 e. The standard InChI is InChI=1S/C18H28N2/c1-13(18-11-15-4-7-16(18)10-15)19-12-14-5-8-17(9-6-14)20(2)3/h5-6,8-9,13,15-16,18-19H,4,7,10-12H2,1-3H3/t13-,15+,16+,18-/m0/s1. The van der Waals surface area contributed by atoms with Gasteiger partial charge in [0, 0.05) is 32.4 Å². The molecule has 1 N–H and O–H groups in total. The Morgan fingerprint density at radius 1 is 1.15 bits per heavy atom. The van der Waals surface area contributed by atoms with E-state index in [1.54, 1.807) is 0 Å². The van der Waals surface area contributed by atoms with Crippen molar-refractivity contribution in [1.82, 2.24) is 5.32 Å².